The molecule has 1 aliphatic carbocycles. The molecule has 1 saturated heterocycles. The molecule has 1 saturated carbocycles. The molecule has 1 aromatic heterocycles. The molecule has 188 valence electrons. The van der Waals surface area contributed by atoms with Crippen molar-refractivity contribution in [1.29, 1.82) is 0 Å². The fourth-order valence-corrected chi connectivity index (χ4v) is 5.28. The van der Waals surface area contributed by atoms with E-state index in [-0.39, 0.29) is 30.9 Å². The van der Waals surface area contributed by atoms with Crippen LogP contribution in [0.25, 0.3) is 0 Å². The van der Waals surface area contributed by atoms with E-state index in [1.807, 2.05) is 19.1 Å². The fourth-order valence-electron chi connectivity index (χ4n) is 4.33. The lowest BCUT2D eigenvalue weighted by molar-refractivity contribution is -0.125. The van der Waals surface area contributed by atoms with Gasteiger partial charge in [-0.25, -0.2) is 0 Å². The molecule has 2 aromatic rings. The van der Waals surface area contributed by atoms with Crippen LogP contribution in [-0.4, -0.2) is 68.1 Å². The Morgan fingerprint density at radius 1 is 1.23 bits per heavy atom. The van der Waals surface area contributed by atoms with Crippen LogP contribution < -0.4 is 15.5 Å². The van der Waals surface area contributed by atoms with E-state index < -0.39 is 6.04 Å². The zero-order valence-electron chi connectivity index (χ0n) is 19.8. The topological polar surface area (TPSA) is 91.0 Å². The van der Waals surface area contributed by atoms with Gasteiger partial charge in [0.2, 0.25) is 5.91 Å². The van der Waals surface area contributed by atoms with Crippen LogP contribution in [0.5, 0.6) is 0 Å². The standard InChI is InChI=1S/C25H31ClN4O4S/c1-2-29(15-17-4-3-5-17)20(14-27-25(33)21-10-11-22(26)35-21)24(32)28-18-6-8-19(9-7-18)30-12-13-34-16-23(30)31/h6-11,17,20H,2-5,12-16H2,1H3,(H,27,33)(H,28,32)/t20-/m1/s1. The summed E-state index contributed by atoms with van der Waals surface area (Å²) in [6.45, 7) is 4.85. The molecule has 1 aromatic carbocycles. The van der Waals surface area contributed by atoms with E-state index >= 15 is 0 Å². The number of nitrogens with zero attached hydrogens (tertiary/aromatic N) is 2. The minimum Gasteiger partial charge on any atom is -0.370 e. The highest BCUT2D eigenvalue weighted by Crippen LogP contribution is 2.28. The molecule has 3 amide bonds. The summed E-state index contributed by atoms with van der Waals surface area (Å²) in [5, 5.41) is 5.91. The number of hydrogen-bond acceptors (Lipinski definition) is 6. The predicted octanol–water partition coefficient (Wildman–Crippen LogP) is 3.62. The quantitative estimate of drug-likeness (QED) is 0.501. The Bertz CT molecular complexity index is 1040. The number of rotatable bonds is 10. The van der Waals surface area contributed by atoms with Crippen molar-refractivity contribution in [2.45, 2.75) is 32.2 Å². The van der Waals surface area contributed by atoms with Crippen LogP contribution in [0.1, 0.15) is 35.9 Å². The Hall–Kier alpha value is -2.46. The molecular formula is C25H31ClN4O4S. The fraction of sp³-hybridized carbons (Fsp3) is 0.480. The normalized spacial score (nSPS) is 17.2. The molecular weight excluding hydrogens is 488 g/mol. The van der Waals surface area contributed by atoms with E-state index in [1.165, 1.54) is 30.6 Å². The largest absolute Gasteiger partial charge is 0.370 e. The van der Waals surface area contributed by atoms with Gasteiger partial charge in [-0.15, -0.1) is 11.3 Å². The number of benzene rings is 1. The number of anilines is 2. The Morgan fingerprint density at radius 3 is 2.60 bits per heavy atom. The number of carbonyl (C=O) groups is 3. The molecule has 2 N–H and O–H groups in total. The first-order valence-corrected chi connectivity index (χ1v) is 13.2. The molecule has 0 bridgehead atoms. The molecule has 0 unspecified atom stereocenters. The van der Waals surface area contributed by atoms with Crippen molar-refractivity contribution >= 4 is 52.0 Å². The lowest BCUT2D eigenvalue weighted by Gasteiger charge is -2.36. The smallest absolute Gasteiger partial charge is 0.261 e. The van der Waals surface area contributed by atoms with Crippen molar-refractivity contribution < 1.29 is 19.1 Å². The maximum absolute atomic E-state index is 13.4. The highest BCUT2D eigenvalue weighted by Gasteiger charge is 2.30. The summed E-state index contributed by atoms with van der Waals surface area (Å²) in [6, 6.07) is 10.1. The van der Waals surface area contributed by atoms with E-state index in [2.05, 4.69) is 15.5 Å². The molecule has 2 aliphatic rings. The van der Waals surface area contributed by atoms with Crippen LogP contribution in [0.3, 0.4) is 0 Å². The van der Waals surface area contributed by atoms with Gasteiger partial charge in [0, 0.05) is 31.0 Å². The number of hydrogen-bond donors (Lipinski definition) is 2. The van der Waals surface area contributed by atoms with E-state index in [0.29, 0.717) is 40.5 Å². The monoisotopic (exact) mass is 518 g/mol. The van der Waals surface area contributed by atoms with Gasteiger partial charge in [-0.2, -0.15) is 0 Å². The Labute approximate surface area is 214 Å². The van der Waals surface area contributed by atoms with Crippen LogP contribution in [-0.2, 0) is 14.3 Å². The van der Waals surface area contributed by atoms with Gasteiger partial charge in [-0.1, -0.05) is 24.9 Å². The summed E-state index contributed by atoms with van der Waals surface area (Å²) in [7, 11) is 0. The number of amides is 3. The third-order valence-corrected chi connectivity index (χ3v) is 7.78. The highest BCUT2D eigenvalue weighted by molar-refractivity contribution is 7.18. The second-order valence-corrected chi connectivity index (χ2v) is 10.6. The maximum atomic E-state index is 13.4. The third-order valence-electron chi connectivity index (χ3n) is 6.55. The van der Waals surface area contributed by atoms with E-state index in [4.69, 9.17) is 16.3 Å². The van der Waals surface area contributed by atoms with Crippen molar-refractivity contribution in [2.24, 2.45) is 5.92 Å². The second-order valence-electron chi connectivity index (χ2n) is 8.85. The van der Waals surface area contributed by atoms with Gasteiger partial charge in [-0.05, 0) is 61.7 Å². The highest BCUT2D eigenvalue weighted by atomic mass is 35.5. The number of likely N-dealkylation sites (N-methyl/N-ethyl adjacent to an activating group) is 1. The van der Waals surface area contributed by atoms with Crippen LogP contribution in [0.2, 0.25) is 4.34 Å². The summed E-state index contributed by atoms with van der Waals surface area (Å²) in [5.74, 6) is 0.0951. The average Bonchev–Trinajstić information content (AvgIpc) is 3.27. The molecule has 0 radical (unpaired) electrons. The zero-order chi connectivity index (χ0) is 24.8. The molecule has 2 heterocycles. The zero-order valence-corrected chi connectivity index (χ0v) is 21.4. The summed E-state index contributed by atoms with van der Waals surface area (Å²) in [5.41, 5.74) is 1.41. The van der Waals surface area contributed by atoms with E-state index in [9.17, 15) is 14.4 Å². The molecule has 1 atom stereocenters. The number of carbonyl (C=O) groups excluding carboxylic acids is 3. The number of nitrogens with one attached hydrogen (secondary N) is 2. The van der Waals surface area contributed by atoms with Gasteiger partial charge in [0.25, 0.3) is 11.8 Å². The van der Waals surface area contributed by atoms with Gasteiger partial charge in [0.15, 0.2) is 0 Å². The van der Waals surface area contributed by atoms with E-state index in [0.717, 1.165) is 12.2 Å². The third kappa shape index (κ3) is 6.61. The lowest BCUT2D eigenvalue weighted by Crippen LogP contribution is -2.52. The molecule has 4 rings (SSSR count). The molecule has 0 spiro atoms. The first-order chi connectivity index (χ1) is 16.9. The molecule has 2 fully saturated rings. The summed E-state index contributed by atoms with van der Waals surface area (Å²) < 4.78 is 5.74. The minimum atomic E-state index is -0.513. The number of halogens is 1. The van der Waals surface area contributed by atoms with Crippen LogP contribution in [0, 0.1) is 5.92 Å². The summed E-state index contributed by atoms with van der Waals surface area (Å²) in [6.07, 6.45) is 3.58. The van der Waals surface area contributed by atoms with Crippen molar-refractivity contribution in [3.05, 3.63) is 45.6 Å². The SMILES string of the molecule is CCN(CC1CCC1)[C@H](CNC(=O)c1ccc(Cl)s1)C(=O)Nc1ccc(N2CCOCC2=O)cc1. The first-order valence-electron chi connectivity index (χ1n) is 12.0. The second kappa shape index (κ2) is 12.0. The van der Waals surface area contributed by atoms with Gasteiger partial charge < -0.3 is 20.3 Å². The van der Waals surface area contributed by atoms with Crippen LogP contribution in [0.4, 0.5) is 11.4 Å². The van der Waals surface area contributed by atoms with Gasteiger partial charge in [0.05, 0.1) is 15.8 Å². The lowest BCUT2D eigenvalue weighted by atomic mass is 9.85. The summed E-state index contributed by atoms with van der Waals surface area (Å²) in [4.78, 5) is 42.4. The van der Waals surface area contributed by atoms with Crippen molar-refractivity contribution in [2.75, 3.05) is 49.6 Å². The Kier molecular flexibility index (Phi) is 8.78. The molecule has 8 nitrogen and oxygen atoms in total. The Morgan fingerprint density at radius 2 is 2.00 bits per heavy atom. The van der Waals surface area contributed by atoms with Gasteiger partial charge in [-0.3, -0.25) is 19.3 Å². The minimum absolute atomic E-state index is 0.0783. The maximum Gasteiger partial charge on any atom is 0.261 e. The number of ether oxygens (including phenoxy) is 1. The van der Waals surface area contributed by atoms with Crippen LogP contribution in [0.15, 0.2) is 36.4 Å². The Balaban J connectivity index is 1.43. The molecule has 35 heavy (non-hydrogen) atoms. The molecule has 10 heteroatoms. The summed E-state index contributed by atoms with van der Waals surface area (Å²) >= 11 is 7.18. The van der Waals surface area contributed by atoms with E-state index in [1.54, 1.807) is 29.2 Å². The van der Waals surface area contributed by atoms with Crippen LogP contribution >= 0.6 is 22.9 Å². The predicted molar refractivity (Wildman–Crippen MR) is 138 cm³/mol. The average molecular weight is 519 g/mol. The number of morpholine rings is 1. The van der Waals surface area contributed by atoms with Gasteiger partial charge >= 0.3 is 0 Å². The van der Waals surface area contributed by atoms with Crippen molar-refractivity contribution in [3.8, 4) is 0 Å². The van der Waals surface area contributed by atoms with Crippen molar-refractivity contribution in [1.82, 2.24) is 10.2 Å². The first kappa shape index (κ1) is 25.6. The van der Waals surface area contributed by atoms with Gasteiger partial charge in [0.1, 0.15) is 12.6 Å². The van der Waals surface area contributed by atoms with Crippen molar-refractivity contribution in [3.63, 3.8) is 0 Å². The molecule has 1 aliphatic heterocycles. The number of thiophene rings is 1.